The highest BCUT2D eigenvalue weighted by molar-refractivity contribution is 5.86. The van der Waals surface area contributed by atoms with E-state index < -0.39 is 5.41 Å². The first-order valence-corrected chi connectivity index (χ1v) is 11.4. The van der Waals surface area contributed by atoms with Crippen molar-refractivity contribution in [1.82, 2.24) is 0 Å². The van der Waals surface area contributed by atoms with Gasteiger partial charge in [0.1, 0.15) is 0 Å². The van der Waals surface area contributed by atoms with Crippen LogP contribution in [0.3, 0.4) is 0 Å². The summed E-state index contributed by atoms with van der Waals surface area (Å²) in [4.78, 5) is 0. The summed E-state index contributed by atoms with van der Waals surface area (Å²) in [5.41, 5.74) is 9.86. The molecule has 0 atom stereocenters. The van der Waals surface area contributed by atoms with E-state index in [-0.39, 0.29) is 0 Å². The monoisotopic (exact) mass is 434 g/mol. The molecule has 0 saturated heterocycles. The first-order valence-electron chi connectivity index (χ1n) is 11.4. The largest absolute Gasteiger partial charge is 0.356 e. The van der Waals surface area contributed by atoms with Crippen LogP contribution in [-0.2, 0) is 5.41 Å². The maximum Gasteiger partial charge on any atom is 0.0991 e. The molecular weight excluding hydrogens is 412 g/mol. The Morgan fingerprint density at radius 2 is 1.12 bits per heavy atom. The molecule has 34 heavy (non-hydrogen) atoms. The standard InChI is InChI=1S/C32H22N2/c33-22-23-17-19-26(20-18-23)34-27-12-8-11-25(21-27)32(24-9-2-1-3-10-24)30-15-6-4-13-28(30)29-14-5-7-16-31(29)32/h1-21,34H. The number of fused-ring (bicyclic) bond motifs is 3. The average molecular weight is 435 g/mol. The van der Waals surface area contributed by atoms with E-state index in [9.17, 15) is 0 Å². The van der Waals surface area contributed by atoms with Crippen LogP contribution in [0.5, 0.6) is 0 Å². The third-order valence-electron chi connectivity index (χ3n) is 6.76. The summed E-state index contributed by atoms with van der Waals surface area (Å²) in [6.07, 6.45) is 0. The summed E-state index contributed by atoms with van der Waals surface area (Å²) in [5.74, 6) is 0. The molecule has 0 aliphatic heterocycles. The molecule has 2 heteroatoms. The molecule has 1 aliphatic carbocycles. The van der Waals surface area contributed by atoms with E-state index in [1.165, 1.54) is 33.4 Å². The van der Waals surface area contributed by atoms with Crippen LogP contribution >= 0.6 is 0 Å². The lowest BCUT2D eigenvalue weighted by atomic mass is 9.67. The molecule has 0 unspecified atom stereocenters. The average Bonchev–Trinajstić information content (AvgIpc) is 3.21. The Balaban J connectivity index is 1.57. The Morgan fingerprint density at radius 1 is 0.529 bits per heavy atom. The van der Waals surface area contributed by atoms with Crippen molar-refractivity contribution in [3.8, 4) is 17.2 Å². The van der Waals surface area contributed by atoms with Gasteiger partial charge in [0.2, 0.25) is 0 Å². The molecule has 160 valence electrons. The van der Waals surface area contributed by atoms with Gasteiger partial charge in [-0.3, -0.25) is 0 Å². The Hall–Kier alpha value is -4.61. The highest BCUT2D eigenvalue weighted by Gasteiger charge is 2.45. The van der Waals surface area contributed by atoms with Gasteiger partial charge in [-0.05, 0) is 69.8 Å². The lowest BCUT2D eigenvalue weighted by Crippen LogP contribution is -2.28. The van der Waals surface area contributed by atoms with Crippen molar-refractivity contribution in [2.75, 3.05) is 5.32 Å². The van der Waals surface area contributed by atoms with Crippen LogP contribution in [0.2, 0.25) is 0 Å². The molecule has 6 rings (SSSR count). The molecule has 0 bridgehead atoms. The normalized spacial score (nSPS) is 12.9. The van der Waals surface area contributed by atoms with E-state index >= 15 is 0 Å². The second-order valence-electron chi connectivity index (χ2n) is 8.60. The summed E-state index contributed by atoms with van der Waals surface area (Å²) in [6.45, 7) is 0. The number of anilines is 2. The van der Waals surface area contributed by atoms with Gasteiger partial charge in [-0.25, -0.2) is 0 Å². The van der Waals surface area contributed by atoms with Crippen LogP contribution in [0.1, 0.15) is 27.8 Å². The molecule has 1 N–H and O–H groups in total. The minimum Gasteiger partial charge on any atom is -0.356 e. The van der Waals surface area contributed by atoms with Crippen LogP contribution in [0, 0.1) is 11.3 Å². The predicted octanol–water partition coefficient (Wildman–Crippen LogP) is 7.66. The summed E-state index contributed by atoms with van der Waals surface area (Å²) >= 11 is 0. The highest BCUT2D eigenvalue weighted by Crippen LogP contribution is 2.56. The molecule has 0 radical (unpaired) electrons. The molecule has 5 aromatic rings. The van der Waals surface area contributed by atoms with Crippen LogP contribution in [0.4, 0.5) is 11.4 Å². The van der Waals surface area contributed by atoms with Crippen LogP contribution in [-0.4, -0.2) is 0 Å². The number of hydrogen-bond acceptors (Lipinski definition) is 2. The van der Waals surface area contributed by atoms with E-state index in [1.54, 1.807) is 0 Å². The van der Waals surface area contributed by atoms with E-state index in [0.29, 0.717) is 5.56 Å². The van der Waals surface area contributed by atoms with Crippen molar-refractivity contribution in [3.63, 3.8) is 0 Å². The molecule has 0 fully saturated rings. The van der Waals surface area contributed by atoms with Gasteiger partial charge in [0.25, 0.3) is 0 Å². The van der Waals surface area contributed by atoms with Crippen molar-refractivity contribution in [2.45, 2.75) is 5.41 Å². The summed E-state index contributed by atoms with van der Waals surface area (Å²) in [5, 5.41) is 12.6. The molecule has 1 aliphatic rings. The molecule has 2 nitrogen and oxygen atoms in total. The number of nitrogens with one attached hydrogen (secondary N) is 1. The van der Waals surface area contributed by atoms with Crippen LogP contribution < -0.4 is 5.32 Å². The van der Waals surface area contributed by atoms with E-state index in [4.69, 9.17) is 5.26 Å². The topological polar surface area (TPSA) is 35.8 Å². The molecule has 0 saturated carbocycles. The third-order valence-corrected chi connectivity index (χ3v) is 6.76. The fraction of sp³-hybridized carbons (Fsp3) is 0.0312. The number of nitriles is 1. The van der Waals surface area contributed by atoms with Gasteiger partial charge >= 0.3 is 0 Å². The first-order chi connectivity index (χ1) is 16.8. The molecule has 0 heterocycles. The lowest BCUT2D eigenvalue weighted by Gasteiger charge is -2.34. The maximum atomic E-state index is 9.10. The van der Waals surface area contributed by atoms with E-state index in [2.05, 4.69) is 115 Å². The fourth-order valence-electron chi connectivity index (χ4n) is 5.34. The van der Waals surface area contributed by atoms with E-state index in [1.807, 2.05) is 24.3 Å². The van der Waals surface area contributed by atoms with Gasteiger partial charge in [0.05, 0.1) is 17.0 Å². The van der Waals surface area contributed by atoms with Gasteiger partial charge in [0, 0.05) is 11.4 Å². The summed E-state index contributed by atoms with van der Waals surface area (Å²) in [6, 6.07) is 46.8. The van der Waals surface area contributed by atoms with Crippen molar-refractivity contribution in [1.29, 1.82) is 5.26 Å². The zero-order chi connectivity index (χ0) is 23.0. The number of hydrogen-bond donors (Lipinski definition) is 1. The summed E-state index contributed by atoms with van der Waals surface area (Å²) < 4.78 is 0. The van der Waals surface area contributed by atoms with Crippen molar-refractivity contribution in [2.24, 2.45) is 0 Å². The van der Waals surface area contributed by atoms with Crippen LogP contribution in [0.15, 0.2) is 127 Å². The molecule has 5 aromatic carbocycles. The van der Waals surface area contributed by atoms with Crippen molar-refractivity contribution in [3.05, 3.63) is 155 Å². The number of benzene rings is 5. The third kappa shape index (κ3) is 3.03. The van der Waals surface area contributed by atoms with Gasteiger partial charge in [-0.2, -0.15) is 5.26 Å². The smallest absolute Gasteiger partial charge is 0.0991 e. The lowest BCUT2D eigenvalue weighted by molar-refractivity contribution is 0.769. The minimum atomic E-state index is -0.406. The zero-order valence-corrected chi connectivity index (χ0v) is 18.6. The second-order valence-corrected chi connectivity index (χ2v) is 8.60. The molecule has 0 aromatic heterocycles. The SMILES string of the molecule is N#Cc1ccc(Nc2cccc(C3(c4ccccc4)c4ccccc4-c4ccccc43)c2)cc1. The van der Waals surface area contributed by atoms with Crippen LogP contribution in [0.25, 0.3) is 11.1 Å². The zero-order valence-electron chi connectivity index (χ0n) is 18.6. The van der Waals surface area contributed by atoms with Crippen molar-refractivity contribution < 1.29 is 0 Å². The Morgan fingerprint density at radius 3 is 1.76 bits per heavy atom. The van der Waals surface area contributed by atoms with Gasteiger partial charge in [-0.15, -0.1) is 0 Å². The predicted molar refractivity (Wildman–Crippen MR) is 138 cm³/mol. The Labute approximate surface area is 199 Å². The summed E-state index contributed by atoms with van der Waals surface area (Å²) in [7, 11) is 0. The maximum absolute atomic E-state index is 9.10. The quantitative estimate of drug-likeness (QED) is 0.309. The van der Waals surface area contributed by atoms with E-state index in [0.717, 1.165) is 11.4 Å². The first kappa shape index (κ1) is 20.0. The second kappa shape index (κ2) is 8.06. The Kier molecular flexibility index (Phi) is 4.75. The van der Waals surface area contributed by atoms with Gasteiger partial charge in [-0.1, -0.05) is 91.0 Å². The van der Waals surface area contributed by atoms with Gasteiger partial charge in [0.15, 0.2) is 0 Å². The number of nitrogens with zero attached hydrogens (tertiary/aromatic N) is 1. The number of rotatable bonds is 4. The molecule has 0 amide bonds. The molecular formula is C32H22N2. The minimum absolute atomic E-state index is 0.406. The Bertz CT molecular complexity index is 1480. The van der Waals surface area contributed by atoms with Gasteiger partial charge < -0.3 is 5.32 Å². The molecule has 0 spiro atoms. The fourth-order valence-corrected chi connectivity index (χ4v) is 5.34. The van der Waals surface area contributed by atoms with Crippen molar-refractivity contribution >= 4 is 11.4 Å². The highest BCUT2D eigenvalue weighted by atomic mass is 14.9.